The molecule has 0 saturated heterocycles. The van der Waals surface area contributed by atoms with Gasteiger partial charge in [-0.15, -0.1) is 0 Å². The van der Waals surface area contributed by atoms with Crippen LogP contribution in [-0.2, 0) is 6.61 Å². The van der Waals surface area contributed by atoms with Gasteiger partial charge in [0.05, 0.1) is 0 Å². The second-order valence-corrected chi connectivity index (χ2v) is 4.84. The van der Waals surface area contributed by atoms with Crippen LogP contribution in [0.3, 0.4) is 0 Å². The molecule has 0 aromatic heterocycles. The van der Waals surface area contributed by atoms with E-state index in [0.717, 1.165) is 22.4 Å². The predicted molar refractivity (Wildman–Crippen MR) is 75.8 cm³/mol. The van der Waals surface area contributed by atoms with Crippen molar-refractivity contribution in [1.29, 1.82) is 0 Å². The van der Waals surface area contributed by atoms with E-state index >= 15 is 0 Å². The van der Waals surface area contributed by atoms with Gasteiger partial charge in [-0.2, -0.15) is 0 Å². The molecule has 19 heavy (non-hydrogen) atoms. The summed E-state index contributed by atoms with van der Waals surface area (Å²) >= 11 is 0. The van der Waals surface area contributed by atoms with Crippen LogP contribution >= 0.6 is 0 Å². The Kier molecular flexibility index (Phi) is 3.74. The van der Waals surface area contributed by atoms with Gasteiger partial charge in [0.25, 0.3) is 0 Å². The lowest BCUT2D eigenvalue weighted by atomic mass is 10.1. The monoisotopic (exact) mass is 259 g/mol. The average molecular weight is 259 g/mol. The van der Waals surface area contributed by atoms with E-state index in [1.54, 1.807) is 6.07 Å². The molecule has 0 fully saturated rings. The molecule has 2 nitrogen and oxygen atoms in total. The summed E-state index contributed by atoms with van der Waals surface area (Å²) in [5, 5.41) is 0. The summed E-state index contributed by atoms with van der Waals surface area (Å²) in [5.74, 6) is 0.519. The summed E-state index contributed by atoms with van der Waals surface area (Å²) in [6, 6.07) is 8.48. The molecule has 0 heterocycles. The molecular weight excluding hydrogens is 241 g/mol. The normalized spacial score (nSPS) is 10.5. The fraction of sp³-hybridized carbons (Fsp3) is 0.250. The van der Waals surface area contributed by atoms with E-state index in [2.05, 4.69) is 13.0 Å². The molecule has 2 rings (SSSR count). The van der Waals surface area contributed by atoms with Crippen molar-refractivity contribution >= 4 is 5.69 Å². The lowest BCUT2D eigenvalue weighted by Gasteiger charge is -2.13. The zero-order chi connectivity index (χ0) is 14.0. The van der Waals surface area contributed by atoms with Crippen LogP contribution in [0.2, 0.25) is 0 Å². The van der Waals surface area contributed by atoms with E-state index in [1.165, 1.54) is 17.7 Å². The summed E-state index contributed by atoms with van der Waals surface area (Å²) in [4.78, 5) is 0. The number of hydrogen-bond acceptors (Lipinski definition) is 2. The van der Waals surface area contributed by atoms with Crippen molar-refractivity contribution in [2.45, 2.75) is 27.4 Å². The number of aryl methyl sites for hydroxylation is 2. The number of nitrogen functional groups attached to an aromatic ring is 1. The highest BCUT2D eigenvalue weighted by Gasteiger charge is 2.06. The van der Waals surface area contributed by atoms with Crippen molar-refractivity contribution in [3.8, 4) is 5.75 Å². The van der Waals surface area contributed by atoms with Crippen molar-refractivity contribution in [3.05, 3.63) is 58.4 Å². The van der Waals surface area contributed by atoms with Crippen LogP contribution in [0.1, 0.15) is 22.3 Å². The Balaban J connectivity index is 2.19. The van der Waals surface area contributed by atoms with Gasteiger partial charge in [-0.25, -0.2) is 4.39 Å². The third kappa shape index (κ3) is 3.05. The zero-order valence-corrected chi connectivity index (χ0v) is 11.5. The highest BCUT2D eigenvalue weighted by molar-refractivity contribution is 5.47. The van der Waals surface area contributed by atoms with Crippen LogP contribution in [0, 0.1) is 26.6 Å². The lowest BCUT2D eigenvalue weighted by molar-refractivity contribution is 0.304. The smallest absolute Gasteiger partial charge is 0.125 e. The SMILES string of the molecule is Cc1cc(C)c(C)c(OCc2ccc(F)cc2N)c1. The molecule has 3 heteroatoms. The van der Waals surface area contributed by atoms with E-state index in [9.17, 15) is 4.39 Å². The quantitative estimate of drug-likeness (QED) is 0.848. The van der Waals surface area contributed by atoms with Crippen LogP contribution in [0.5, 0.6) is 5.75 Å². The van der Waals surface area contributed by atoms with Crippen molar-refractivity contribution in [2.24, 2.45) is 0 Å². The fourth-order valence-corrected chi connectivity index (χ4v) is 2.00. The summed E-state index contributed by atoms with van der Waals surface area (Å²) in [6.07, 6.45) is 0. The number of nitrogens with two attached hydrogens (primary N) is 1. The molecule has 2 aromatic rings. The standard InChI is InChI=1S/C16H18FNO/c1-10-6-11(2)12(3)16(7-10)19-9-13-4-5-14(17)8-15(13)18/h4-8H,9,18H2,1-3H3. The molecule has 0 aliphatic carbocycles. The first-order chi connectivity index (χ1) is 8.97. The highest BCUT2D eigenvalue weighted by Crippen LogP contribution is 2.25. The Morgan fingerprint density at radius 1 is 1.11 bits per heavy atom. The second kappa shape index (κ2) is 5.31. The van der Waals surface area contributed by atoms with Crippen molar-refractivity contribution in [2.75, 3.05) is 5.73 Å². The molecule has 2 N–H and O–H groups in total. The van der Waals surface area contributed by atoms with Crippen LogP contribution in [0.25, 0.3) is 0 Å². The van der Waals surface area contributed by atoms with Gasteiger partial charge in [0.15, 0.2) is 0 Å². The number of benzene rings is 2. The number of ether oxygens (including phenoxy) is 1. The second-order valence-electron chi connectivity index (χ2n) is 4.84. The molecule has 0 saturated carbocycles. The Bertz CT molecular complexity index is 608. The topological polar surface area (TPSA) is 35.2 Å². The van der Waals surface area contributed by atoms with E-state index in [-0.39, 0.29) is 5.82 Å². The van der Waals surface area contributed by atoms with E-state index in [0.29, 0.717) is 12.3 Å². The Hall–Kier alpha value is -2.03. The molecule has 100 valence electrons. The molecule has 0 aliphatic rings. The van der Waals surface area contributed by atoms with Crippen molar-refractivity contribution in [3.63, 3.8) is 0 Å². The first-order valence-corrected chi connectivity index (χ1v) is 6.22. The van der Waals surface area contributed by atoms with E-state index in [4.69, 9.17) is 10.5 Å². The maximum absolute atomic E-state index is 13.0. The van der Waals surface area contributed by atoms with Crippen molar-refractivity contribution < 1.29 is 9.13 Å². The Morgan fingerprint density at radius 3 is 2.53 bits per heavy atom. The van der Waals surface area contributed by atoms with Gasteiger partial charge >= 0.3 is 0 Å². The maximum atomic E-state index is 13.0. The van der Waals surface area contributed by atoms with Gasteiger partial charge in [-0.05, 0) is 55.7 Å². The summed E-state index contributed by atoms with van der Waals surface area (Å²) < 4.78 is 18.8. The predicted octanol–water partition coefficient (Wildman–Crippen LogP) is 3.91. The minimum Gasteiger partial charge on any atom is -0.489 e. The Labute approximate surface area is 113 Å². The maximum Gasteiger partial charge on any atom is 0.125 e. The van der Waals surface area contributed by atoms with Crippen LogP contribution in [-0.4, -0.2) is 0 Å². The molecule has 0 aliphatic heterocycles. The molecule has 2 aromatic carbocycles. The third-order valence-corrected chi connectivity index (χ3v) is 3.26. The number of hydrogen-bond donors (Lipinski definition) is 1. The molecule has 0 bridgehead atoms. The molecule has 0 amide bonds. The summed E-state index contributed by atoms with van der Waals surface area (Å²) in [5.41, 5.74) is 10.4. The van der Waals surface area contributed by atoms with Crippen LogP contribution < -0.4 is 10.5 Å². The number of anilines is 1. The van der Waals surface area contributed by atoms with Gasteiger partial charge in [-0.3, -0.25) is 0 Å². The lowest BCUT2D eigenvalue weighted by Crippen LogP contribution is -2.02. The largest absolute Gasteiger partial charge is 0.489 e. The first-order valence-electron chi connectivity index (χ1n) is 6.22. The minimum atomic E-state index is -0.330. The van der Waals surface area contributed by atoms with Gasteiger partial charge in [0, 0.05) is 11.3 Å². The van der Waals surface area contributed by atoms with Gasteiger partial charge in [-0.1, -0.05) is 12.1 Å². The average Bonchev–Trinajstić information content (AvgIpc) is 2.33. The zero-order valence-electron chi connectivity index (χ0n) is 11.5. The van der Waals surface area contributed by atoms with E-state index in [1.807, 2.05) is 19.9 Å². The molecule has 0 unspecified atom stereocenters. The van der Waals surface area contributed by atoms with Gasteiger partial charge in [0.1, 0.15) is 18.2 Å². The van der Waals surface area contributed by atoms with Gasteiger partial charge < -0.3 is 10.5 Å². The number of rotatable bonds is 3. The highest BCUT2D eigenvalue weighted by atomic mass is 19.1. The minimum absolute atomic E-state index is 0.330. The van der Waals surface area contributed by atoms with Gasteiger partial charge in [0.2, 0.25) is 0 Å². The van der Waals surface area contributed by atoms with Crippen molar-refractivity contribution in [1.82, 2.24) is 0 Å². The summed E-state index contributed by atoms with van der Waals surface area (Å²) in [6.45, 7) is 6.46. The molecular formula is C16H18FNO. The number of halogens is 1. The molecule has 0 spiro atoms. The van der Waals surface area contributed by atoms with E-state index < -0.39 is 0 Å². The molecule has 0 radical (unpaired) electrons. The molecule has 0 atom stereocenters. The van der Waals surface area contributed by atoms with Crippen LogP contribution in [0.15, 0.2) is 30.3 Å². The third-order valence-electron chi connectivity index (χ3n) is 3.26. The summed E-state index contributed by atoms with van der Waals surface area (Å²) in [7, 11) is 0. The first kappa shape index (κ1) is 13.4. The Morgan fingerprint density at radius 2 is 1.84 bits per heavy atom. The fourth-order valence-electron chi connectivity index (χ4n) is 2.00. The van der Waals surface area contributed by atoms with Crippen LogP contribution in [0.4, 0.5) is 10.1 Å².